The summed E-state index contributed by atoms with van der Waals surface area (Å²) in [4.78, 5) is 29.3. The fourth-order valence-electron chi connectivity index (χ4n) is 3.95. The van der Waals surface area contributed by atoms with Gasteiger partial charge in [-0.25, -0.2) is 9.67 Å². The molecule has 1 amide bonds. The van der Waals surface area contributed by atoms with Crippen LogP contribution in [0.1, 0.15) is 39.9 Å². The predicted molar refractivity (Wildman–Crippen MR) is 125 cm³/mol. The second-order valence-electron chi connectivity index (χ2n) is 7.96. The van der Waals surface area contributed by atoms with Gasteiger partial charge in [0.15, 0.2) is 0 Å². The molecule has 0 saturated heterocycles. The van der Waals surface area contributed by atoms with E-state index in [-0.39, 0.29) is 11.5 Å². The molecule has 0 fully saturated rings. The SMILES string of the molecule is CCn1c(=O)c(C)nc2cc(C(=O)NCCc3ccc(-n4nc(C)cc4C)cc3)ccc21. The molecule has 4 aromatic rings. The van der Waals surface area contributed by atoms with Crippen LogP contribution in [0.2, 0.25) is 0 Å². The van der Waals surface area contributed by atoms with Crippen LogP contribution in [0.4, 0.5) is 0 Å². The van der Waals surface area contributed by atoms with Crippen LogP contribution in [-0.2, 0) is 13.0 Å². The number of fused-ring (bicyclic) bond motifs is 1. The zero-order valence-electron chi connectivity index (χ0n) is 18.8. The van der Waals surface area contributed by atoms with Gasteiger partial charge in [-0.15, -0.1) is 0 Å². The number of benzene rings is 2. The molecular formula is C25H27N5O2. The third-order valence-corrected chi connectivity index (χ3v) is 5.58. The van der Waals surface area contributed by atoms with Crippen LogP contribution in [0.15, 0.2) is 53.3 Å². The minimum atomic E-state index is -0.153. The van der Waals surface area contributed by atoms with E-state index in [4.69, 9.17) is 0 Å². The molecule has 0 radical (unpaired) electrons. The normalized spacial score (nSPS) is 11.1. The first-order chi connectivity index (χ1) is 15.4. The average Bonchev–Trinajstić information content (AvgIpc) is 3.12. The Labute approximate surface area is 186 Å². The zero-order valence-corrected chi connectivity index (χ0v) is 18.8. The largest absolute Gasteiger partial charge is 0.352 e. The molecule has 0 unspecified atom stereocenters. The van der Waals surface area contributed by atoms with Crippen LogP contribution < -0.4 is 10.9 Å². The van der Waals surface area contributed by atoms with E-state index >= 15 is 0 Å². The summed E-state index contributed by atoms with van der Waals surface area (Å²) in [6.45, 7) is 8.72. The van der Waals surface area contributed by atoms with E-state index in [0.717, 1.165) is 34.6 Å². The molecule has 4 rings (SSSR count). The van der Waals surface area contributed by atoms with Crippen molar-refractivity contribution in [3.05, 3.63) is 87.1 Å². The first kappa shape index (κ1) is 21.5. The Morgan fingerprint density at radius 3 is 2.44 bits per heavy atom. The molecule has 0 aliphatic heterocycles. The van der Waals surface area contributed by atoms with Crippen molar-refractivity contribution in [1.29, 1.82) is 0 Å². The van der Waals surface area contributed by atoms with E-state index in [1.165, 1.54) is 0 Å². The number of hydrogen-bond acceptors (Lipinski definition) is 4. The van der Waals surface area contributed by atoms with E-state index in [9.17, 15) is 9.59 Å². The minimum Gasteiger partial charge on any atom is -0.352 e. The monoisotopic (exact) mass is 429 g/mol. The molecule has 1 N–H and O–H groups in total. The van der Waals surface area contributed by atoms with Gasteiger partial charge in [-0.1, -0.05) is 12.1 Å². The van der Waals surface area contributed by atoms with Gasteiger partial charge in [-0.2, -0.15) is 5.10 Å². The Morgan fingerprint density at radius 1 is 1.03 bits per heavy atom. The van der Waals surface area contributed by atoms with E-state index < -0.39 is 0 Å². The summed E-state index contributed by atoms with van der Waals surface area (Å²) >= 11 is 0. The van der Waals surface area contributed by atoms with Crippen molar-refractivity contribution in [3.8, 4) is 5.69 Å². The number of hydrogen-bond donors (Lipinski definition) is 1. The van der Waals surface area contributed by atoms with Crippen molar-refractivity contribution in [2.45, 2.75) is 40.7 Å². The van der Waals surface area contributed by atoms with Gasteiger partial charge < -0.3 is 9.88 Å². The van der Waals surface area contributed by atoms with Crippen molar-refractivity contribution in [2.24, 2.45) is 0 Å². The molecule has 2 aromatic heterocycles. The highest BCUT2D eigenvalue weighted by atomic mass is 16.1. The van der Waals surface area contributed by atoms with Gasteiger partial charge >= 0.3 is 0 Å². The molecule has 7 nitrogen and oxygen atoms in total. The van der Waals surface area contributed by atoms with Gasteiger partial charge in [0.2, 0.25) is 0 Å². The Hall–Kier alpha value is -3.74. The van der Waals surface area contributed by atoms with Gasteiger partial charge in [-0.3, -0.25) is 9.59 Å². The number of carbonyl (C=O) groups excluding carboxylic acids is 1. The first-order valence-corrected chi connectivity index (χ1v) is 10.8. The van der Waals surface area contributed by atoms with Crippen LogP contribution in [0.3, 0.4) is 0 Å². The van der Waals surface area contributed by atoms with Gasteiger partial charge in [0.05, 0.1) is 22.4 Å². The number of amides is 1. The molecule has 2 heterocycles. The van der Waals surface area contributed by atoms with Crippen molar-refractivity contribution in [3.63, 3.8) is 0 Å². The van der Waals surface area contributed by atoms with Crippen LogP contribution in [-0.4, -0.2) is 31.8 Å². The van der Waals surface area contributed by atoms with Crippen LogP contribution >= 0.6 is 0 Å². The van der Waals surface area contributed by atoms with Gasteiger partial charge in [0, 0.05) is 24.3 Å². The number of aryl methyl sites for hydroxylation is 4. The summed E-state index contributed by atoms with van der Waals surface area (Å²) < 4.78 is 3.60. The van der Waals surface area contributed by atoms with E-state index in [1.54, 1.807) is 29.7 Å². The van der Waals surface area contributed by atoms with Crippen molar-refractivity contribution >= 4 is 16.9 Å². The summed E-state index contributed by atoms with van der Waals surface area (Å²) in [7, 11) is 0. The molecule has 32 heavy (non-hydrogen) atoms. The molecule has 0 aliphatic rings. The number of aromatic nitrogens is 4. The topological polar surface area (TPSA) is 81.8 Å². The number of carbonyl (C=O) groups is 1. The fourth-order valence-corrected chi connectivity index (χ4v) is 3.95. The fraction of sp³-hybridized carbons (Fsp3) is 0.280. The third-order valence-electron chi connectivity index (χ3n) is 5.58. The lowest BCUT2D eigenvalue weighted by Crippen LogP contribution is -2.26. The summed E-state index contributed by atoms with van der Waals surface area (Å²) in [5.41, 5.74) is 6.50. The quantitative estimate of drug-likeness (QED) is 0.509. The zero-order chi connectivity index (χ0) is 22.8. The highest BCUT2D eigenvalue weighted by Gasteiger charge is 2.11. The van der Waals surface area contributed by atoms with Crippen molar-refractivity contribution in [1.82, 2.24) is 24.6 Å². The summed E-state index contributed by atoms with van der Waals surface area (Å²) in [6, 6.07) is 15.5. The number of rotatable bonds is 6. The summed E-state index contributed by atoms with van der Waals surface area (Å²) in [6.07, 6.45) is 0.726. The smallest absolute Gasteiger partial charge is 0.272 e. The predicted octanol–water partition coefficient (Wildman–Crippen LogP) is 3.50. The molecule has 0 atom stereocenters. The second-order valence-corrected chi connectivity index (χ2v) is 7.96. The van der Waals surface area contributed by atoms with E-state index in [2.05, 4.69) is 33.6 Å². The van der Waals surface area contributed by atoms with Crippen LogP contribution in [0, 0.1) is 20.8 Å². The Balaban J connectivity index is 1.41. The summed E-state index contributed by atoms with van der Waals surface area (Å²) in [5, 5.41) is 7.48. The van der Waals surface area contributed by atoms with E-state index in [0.29, 0.717) is 29.9 Å². The molecular weight excluding hydrogens is 402 g/mol. The lowest BCUT2D eigenvalue weighted by atomic mass is 10.1. The maximum atomic E-state index is 12.6. The van der Waals surface area contributed by atoms with Crippen LogP contribution in [0.25, 0.3) is 16.7 Å². The molecule has 0 spiro atoms. The van der Waals surface area contributed by atoms with Gasteiger partial charge in [0.25, 0.3) is 11.5 Å². The molecule has 2 aromatic carbocycles. The summed E-state index contributed by atoms with van der Waals surface area (Å²) in [5.74, 6) is -0.153. The van der Waals surface area contributed by atoms with Gasteiger partial charge in [0.1, 0.15) is 5.69 Å². The molecule has 0 saturated carbocycles. The third kappa shape index (κ3) is 4.19. The maximum absolute atomic E-state index is 12.6. The highest BCUT2D eigenvalue weighted by Crippen LogP contribution is 2.15. The Morgan fingerprint density at radius 2 is 1.78 bits per heavy atom. The number of nitrogens with one attached hydrogen (secondary N) is 1. The highest BCUT2D eigenvalue weighted by molar-refractivity contribution is 5.97. The van der Waals surface area contributed by atoms with Gasteiger partial charge in [-0.05, 0) is 76.1 Å². The minimum absolute atomic E-state index is 0.0962. The first-order valence-electron chi connectivity index (χ1n) is 10.8. The average molecular weight is 430 g/mol. The molecule has 0 bridgehead atoms. The Bertz CT molecular complexity index is 1350. The van der Waals surface area contributed by atoms with Crippen LogP contribution in [0.5, 0.6) is 0 Å². The van der Waals surface area contributed by atoms with E-state index in [1.807, 2.05) is 37.6 Å². The Kier molecular flexibility index (Phi) is 5.90. The lowest BCUT2D eigenvalue weighted by molar-refractivity contribution is 0.0954. The maximum Gasteiger partial charge on any atom is 0.272 e. The molecule has 7 heteroatoms. The van der Waals surface area contributed by atoms with Crippen molar-refractivity contribution < 1.29 is 4.79 Å². The molecule has 0 aliphatic carbocycles. The standard InChI is InChI=1S/C25H27N5O2/c1-5-29-23-11-8-20(15-22(23)27-18(4)25(29)32)24(31)26-13-12-19-6-9-21(10-7-19)30-17(3)14-16(2)28-30/h6-11,14-15H,5,12-13H2,1-4H3,(H,26,31). The molecule has 164 valence electrons. The van der Waals surface area contributed by atoms with Crippen molar-refractivity contribution in [2.75, 3.05) is 6.54 Å². The second kappa shape index (κ2) is 8.78. The lowest BCUT2D eigenvalue weighted by Gasteiger charge is -2.11. The number of nitrogens with zero attached hydrogens (tertiary/aromatic N) is 4.